The Morgan fingerprint density at radius 2 is 2.10 bits per heavy atom. The third-order valence-corrected chi connectivity index (χ3v) is 3.33. The Kier molecular flexibility index (Phi) is 3.37. The number of ether oxygens (including phenoxy) is 1. The molecule has 1 aliphatic rings. The van der Waals surface area contributed by atoms with E-state index in [1.54, 1.807) is 12.1 Å². The van der Waals surface area contributed by atoms with Crippen LogP contribution in [0.25, 0.3) is 0 Å². The molecule has 1 aliphatic heterocycles. The van der Waals surface area contributed by atoms with Crippen LogP contribution in [0, 0.1) is 5.82 Å². The Labute approximate surface area is 116 Å². The van der Waals surface area contributed by atoms with Gasteiger partial charge in [0.05, 0.1) is 12.2 Å². The molecule has 0 bridgehead atoms. The number of hydrogen-bond donors (Lipinski definition) is 1. The van der Waals surface area contributed by atoms with Crippen molar-refractivity contribution in [3.8, 4) is 5.75 Å². The maximum Gasteiger partial charge on any atom is 0.254 e. The number of fused-ring (bicyclic) bond motifs is 1. The molecule has 0 fully saturated rings. The molecular formula is C16H14FNO2. The predicted octanol–water partition coefficient (Wildman–Crippen LogP) is 2.69. The fourth-order valence-electron chi connectivity index (χ4n) is 2.27. The number of benzene rings is 2. The van der Waals surface area contributed by atoms with E-state index in [9.17, 15) is 9.18 Å². The van der Waals surface area contributed by atoms with Gasteiger partial charge in [-0.25, -0.2) is 4.39 Å². The van der Waals surface area contributed by atoms with Gasteiger partial charge in [-0.15, -0.1) is 0 Å². The van der Waals surface area contributed by atoms with Gasteiger partial charge in [0.15, 0.2) is 0 Å². The smallest absolute Gasteiger partial charge is 0.254 e. The normalized spacial score (nSPS) is 12.7. The minimum Gasteiger partial charge on any atom is -0.493 e. The zero-order valence-electron chi connectivity index (χ0n) is 10.9. The molecule has 1 N–H and O–H groups in total. The Hall–Kier alpha value is -2.36. The van der Waals surface area contributed by atoms with Crippen LogP contribution in [-0.4, -0.2) is 12.5 Å². The van der Waals surface area contributed by atoms with Crippen molar-refractivity contribution in [1.29, 1.82) is 0 Å². The molecule has 0 spiro atoms. The van der Waals surface area contributed by atoms with E-state index >= 15 is 0 Å². The van der Waals surface area contributed by atoms with E-state index in [2.05, 4.69) is 5.32 Å². The van der Waals surface area contributed by atoms with E-state index in [1.165, 1.54) is 12.1 Å². The van der Waals surface area contributed by atoms with Gasteiger partial charge in [0.2, 0.25) is 0 Å². The predicted molar refractivity (Wildman–Crippen MR) is 73.2 cm³/mol. The number of halogens is 1. The van der Waals surface area contributed by atoms with E-state index in [0.29, 0.717) is 13.2 Å². The third kappa shape index (κ3) is 2.50. The molecule has 0 aromatic heterocycles. The Morgan fingerprint density at radius 3 is 2.95 bits per heavy atom. The molecular weight excluding hydrogens is 257 g/mol. The zero-order chi connectivity index (χ0) is 13.9. The van der Waals surface area contributed by atoms with Crippen molar-refractivity contribution in [2.75, 3.05) is 6.61 Å². The van der Waals surface area contributed by atoms with Gasteiger partial charge < -0.3 is 10.1 Å². The summed E-state index contributed by atoms with van der Waals surface area (Å²) < 4.78 is 18.9. The van der Waals surface area contributed by atoms with Crippen LogP contribution < -0.4 is 10.1 Å². The topological polar surface area (TPSA) is 38.3 Å². The monoisotopic (exact) mass is 271 g/mol. The number of rotatable bonds is 3. The highest BCUT2D eigenvalue weighted by molar-refractivity contribution is 5.94. The number of carbonyl (C=O) groups excluding carboxylic acids is 1. The second-order valence-corrected chi connectivity index (χ2v) is 4.70. The molecule has 102 valence electrons. The van der Waals surface area contributed by atoms with Crippen molar-refractivity contribution < 1.29 is 13.9 Å². The average molecular weight is 271 g/mol. The van der Waals surface area contributed by atoms with Gasteiger partial charge in [0, 0.05) is 13.0 Å². The number of hydrogen-bond acceptors (Lipinski definition) is 2. The Morgan fingerprint density at radius 1 is 1.25 bits per heavy atom. The molecule has 0 saturated heterocycles. The van der Waals surface area contributed by atoms with Crippen LogP contribution in [0.1, 0.15) is 21.5 Å². The zero-order valence-corrected chi connectivity index (χ0v) is 10.9. The maximum absolute atomic E-state index is 13.5. The molecule has 2 aromatic carbocycles. The molecule has 4 heteroatoms. The van der Waals surface area contributed by atoms with Crippen molar-refractivity contribution in [3.05, 3.63) is 65.0 Å². The third-order valence-electron chi connectivity index (χ3n) is 3.33. The lowest BCUT2D eigenvalue weighted by Crippen LogP contribution is -2.23. The summed E-state index contributed by atoms with van der Waals surface area (Å²) in [6.45, 7) is 1.08. The summed E-state index contributed by atoms with van der Waals surface area (Å²) in [6, 6.07) is 11.8. The SMILES string of the molecule is O=C(NCc1ccc2c(c1)CCO2)c1ccccc1F. The standard InChI is InChI=1S/C16H14FNO2/c17-14-4-2-1-3-13(14)16(19)18-10-11-5-6-15-12(9-11)7-8-20-15/h1-6,9H,7-8,10H2,(H,18,19). The second-order valence-electron chi connectivity index (χ2n) is 4.70. The quantitative estimate of drug-likeness (QED) is 0.932. The van der Waals surface area contributed by atoms with Crippen LogP contribution in [0.3, 0.4) is 0 Å². The molecule has 1 heterocycles. The first-order chi connectivity index (χ1) is 9.74. The number of carbonyl (C=O) groups is 1. The fraction of sp³-hybridized carbons (Fsp3) is 0.188. The van der Waals surface area contributed by atoms with Gasteiger partial charge in [-0.3, -0.25) is 4.79 Å². The number of amides is 1. The average Bonchev–Trinajstić information content (AvgIpc) is 2.92. The first kappa shape index (κ1) is 12.7. The van der Waals surface area contributed by atoms with Crippen LogP contribution in [0.2, 0.25) is 0 Å². The Balaban J connectivity index is 1.68. The van der Waals surface area contributed by atoms with Crippen LogP contribution in [0.4, 0.5) is 4.39 Å². The van der Waals surface area contributed by atoms with Gasteiger partial charge in [0.25, 0.3) is 5.91 Å². The highest BCUT2D eigenvalue weighted by Crippen LogP contribution is 2.25. The number of nitrogens with one attached hydrogen (secondary N) is 1. The van der Waals surface area contributed by atoms with Gasteiger partial charge in [-0.05, 0) is 29.3 Å². The van der Waals surface area contributed by atoms with Crippen molar-refractivity contribution in [2.24, 2.45) is 0 Å². The van der Waals surface area contributed by atoms with Crippen LogP contribution in [0.15, 0.2) is 42.5 Å². The molecule has 0 atom stereocenters. The van der Waals surface area contributed by atoms with E-state index in [0.717, 1.165) is 23.3 Å². The van der Waals surface area contributed by atoms with E-state index in [-0.39, 0.29) is 5.56 Å². The largest absolute Gasteiger partial charge is 0.493 e. The minimum absolute atomic E-state index is 0.0667. The first-order valence-electron chi connectivity index (χ1n) is 6.51. The second kappa shape index (κ2) is 5.33. The van der Waals surface area contributed by atoms with Gasteiger partial charge in [0.1, 0.15) is 11.6 Å². The first-order valence-corrected chi connectivity index (χ1v) is 6.51. The fourth-order valence-corrected chi connectivity index (χ4v) is 2.27. The molecule has 3 nitrogen and oxygen atoms in total. The van der Waals surface area contributed by atoms with Crippen LogP contribution in [0.5, 0.6) is 5.75 Å². The molecule has 0 unspecified atom stereocenters. The van der Waals surface area contributed by atoms with Crippen LogP contribution in [-0.2, 0) is 13.0 Å². The summed E-state index contributed by atoms with van der Waals surface area (Å²) in [5, 5.41) is 2.73. The summed E-state index contributed by atoms with van der Waals surface area (Å²) >= 11 is 0. The van der Waals surface area contributed by atoms with Crippen molar-refractivity contribution in [1.82, 2.24) is 5.32 Å². The molecule has 0 radical (unpaired) electrons. The van der Waals surface area contributed by atoms with E-state index in [4.69, 9.17) is 4.74 Å². The Bertz CT molecular complexity index is 655. The molecule has 2 aromatic rings. The molecule has 1 amide bonds. The summed E-state index contributed by atoms with van der Waals surface area (Å²) in [5.74, 6) is 0.00128. The summed E-state index contributed by atoms with van der Waals surface area (Å²) in [7, 11) is 0. The maximum atomic E-state index is 13.5. The van der Waals surface area contributed by atoms with E-state index in [1.807, 2.05) is 18.2 Å². The lowest BCUT2D eigenvalue weighted by atomic mass is 10.1. The molecule has 3 rings (SSSR count). The van der Waals surface area contributed by atoms with Crippen molar-refractivity contribution >= 4 is 5.91 Å². The lowest BCUT2D eigenvalue weighted by Gasteiger charge is -2.07. The van der Waals surface area contributed by atoms with Gasteiger partial charge in [-0.1, -0.05) is 24.3 Å². The highest BCUT2D eigenvalue weighted by Gasteiger charge is 2.13. The van der Waals surface area contributed by atoms with Crippen molar-refractivity contribution in [3.63, 3.8) is 0 Å². The molecule has 0 aliphatic carbocycles. The molecule has 0 saturated carbocycles. The highest BCUT2D eigenvalue weighted by atomic mass is 19.1. The van der Waals surface area contributed by atoms with Gasteiger partial charge >= 0.3 is 0 Å². The van der Waals surface area contributed by atoms with E-state index < -0.39 is 11.7 Å². The molecule has 20 heavy (non-hydrogen) atoms. The minimum atomic E-state index is -0.507. The van der Waals surface area contributed by atoms with Crippen molar-refractivity contribution in [2.45, 2.75) is 13.0 Å². The van der Waals surface area contributed by atoms with Crippen LogP contribution >= 0.6 is 0 Å². The van der Waals surface area contributed by atoms with Gasteiger partial charge in [-0.2, -0.15) is 0 Å². The summed E-state index contributed by atoms with van der Waals surface area (Å²) in [5.41, 5.74) is 2.21. The lowest BCUT2D eigenvalue weighted by molar-refractivity contribution is 0.0947. The summed E-state index contributed by atoms with van der Waals surface area (Å²) in [4.78, 5) is 11.9. The summed E-state index contributed by atoms with van der Waals surface area (Å²) in [6.07, 6.45) is 0.893.